The molecule has 0 fully saturated rings. The second-order valence-electron chi connectivity index (χ2n) is 5.27. The first kappa shape index (κ1) is 17.8. The van der Waals surface area contributed by atoms with Gasteiger partial charge in [0.05, 0.1) is 12.3 Å². The van der Waals surface area contributed by atoms with Crippen molar-refractivity contribution in [3.63, 3.8) is 0 Å². The molecule has 22 heavy (non-hydrogen) atoms. The number of nitrogens with zero attached hydrogens (tertiary/aromatic N) is 1. The molecule has 0 heterocycles. The van der Waals surface area contributed by atoms with Crippen LogP contribution in [0, 0.1) is 6.92 Å². The highest BCUT2D eigenvalue weighted by atomic mass is 16.5. The van der Waals surface area contributed by atoms with Crippen LogP contribution >= 0.6 is 0 Å². The molecule has 0 saturated heterocycles. The van der Waals surface area contributed by atoms with Crippen molar-refractivity contribution in [1.82, 2.24) is 10.2 Å². The van der Waals surface area contributed by atoms with Crippen molar-refractivity contribution in [2.24, 2.45) is 0 Å². The number of rotatable bonds is 7. The molecule has 0 saturated carbocycles. The van der Waals surface area contributed by atoms with Gasteiger partial charge in [0, 0.05) is 27.1 Å². The number of hydrogen-bond donors (Lipinski definition) is 2. The first-order valence-electron chi connectivity index (χ1n) is 7.42. The summed E-state index contributed by atoms with van der Waals surface area (Å²) in [7, 11) is 3.37. The third-order valence-corrected chi connectivity index (χ3v) is 2.97. The van der Waals surface area contributed by atoms with E-state index in [1.54, 1.807) is 14.1 Å². The van der Waals surface area contributed by atoms with Gasteiger partial charge >= 0.3 is 6.03 Å². The zero-order chi connectivity index (χ0) is 16.5. The molecule has 0 unspecified atom stereocenters. The van der Waals surface area contributed by atoms with Crippen molar-refractivity contribution < 1.29 is 14.3 Å². The van der Waals surface area contributed by atoms with Crippen LogP contribution in [0.15, 0.2) is 18.2 Å². The normalized spacial score (nSPS) is 10.0. The molecule has 3 amide bonds. The van der Waals surface area contributed by atoms with Crippen molar-refractivity contribution in [2.45, 2.75) is 26.7 Å². The quantitative estimate of drug-likeness (QED) is 0.812. The molecule has 1 rings (SSSR count). The predicted molar refractivity (Wildman–Crippen MR) is 87.3 cm³/mol. The highest BCUT2D eigenvalue weighted by Crippen LogP contribution is 2.25. The Balaban J connectivity index is 2.54. The Bertz CT molecular complexity index is 515. The maximum atomic E-state index is 11.9. The van der Waals surface area contributed by atoms with Gasteiger partial charge in [-0.1, -0.05) is 13.0 Å². The van der Waals surface area contributed by atoms with E-state index < -0.39 is 0 Å². The number of ether oxygens (including phenoxy) is 1. The fourth-order valence-electron chi connectivity index (χ4n) is 1.74. The summed E-state index contributed by atoms with van der Waals surface area (Å²) in [5, 5.41) is 5.41. The fraction of sp³-hybridized carbons (Fsp3) is 0.500. The van der Waals surface area contributed by atoms with E-state index in [4.69, 9.17) is 4.74 Å². The molecule has 2 N–H and O–H groups in total. The molecule has 1 aromatic carbocycles. The first-order valence-corrected chi connectivity index (χ1v) is 7.42. The Morgan fingerprint density at radius 3 is 2.64 bits per heavy atom. The summed E-state index contributed by atoms with van der Waals surface area (Å²) in [6.45, 7) is 4.88. The van der Waals surface area contributed by atoms with E-state index in [0.29, 0.717) is 24.6 Å². The summed E-state index contributed by atoms with van der Waals surface area (Å²) in [4.78, 5) is 24.8. The van der Waals surface area contributed by atoms with Gasteiger partial charge in [0.15, 0.2) is 0 Å². The van der Waals surface area contributed by atoms with E-state index in [1.165, 1.54) is 4.90 Å². The van der Waals surface area contributed by atoms with Gasteiger partial charge < -0.3 is 20.3 Å². The number of amides is 3. The van der Waals surface area contributed by atoms with Crippen LogP contribution < -0.4 is 15.4 Å². The minimum atomic E-state index is -0.350. The van der Waals surface area contributed by atoms with Gasteiger partial charge in [-0.2, -0.15) is 0 Å². The van der Waals surface area contributed by atoms with E-state index in [0.717, 1.165) is 12.0 Å². The van der Waals surface area contributed by atoms with Crippen LogP contribution in [-0.4, -0.2) is 44.1 Å². The van der Waals surface area contributed by atoms with Crippen LogP contribution in [0.4, 0.5) is 10.5 Å². The average molecular weight is 307 g/mol. The smallest absolute Gasteiger partial charge is 0.319 e. The Kier molecular flexibility index (Phi) is 7.22. The first-order chi connectivity index (χ1) is 10.4. The lowest BCUT2D eigenvalue weighted by Gasteiger charge is -2.14. The lowest BCUT2D eigenvalue weighted by molar-refractivity contribution is -0.128. The topological polar surface area (TPSA) is 70.7 Å². The highest BCUT2D eigenvalue weighted by Gasteiger charge is 2.09. The maximum absolute atomic E-state index is 11.9. The van der Waals surface area contributed by atoms with Crippen molar-refractivity contribution in [1.29, 1.82) is 0 Å². The van der Waals surface area contributed by atoms with Gasteiger partial charge in [0.2, 0.25) is 5.91 Å². The van der Waals surface area contributed by atoms with Crippen LogP contribution in [0.2, 0.25) is 0 Å². The van der Waals surface area contributed by atoms with Gasteiger partial charge in [-0.05, 0) is 31.0 Å². The molecular weight excluding hydrogens is 282 g/mol. The summed E-state index contributed by atoms with van der Waals surface area (Å²) in [5.74, 6) is 0.629. The molecule has 6 heteroatoms. The Labute approximate surface area is 131 Å². The van der Waals surface area contributed by atoms with Crippen molar-refractivity contribution in [2.75, 3.05) is 32.6 Å². The van der Waals surface area contributed by atoms with E-state index in [-0.39, 0.29) is 18.4 Å². The molecule has 0 atom stereocenters. The zero-order valence-corrected chi connectivity index (χ0v) is 13.7. The number of carbonyl (C=O) groups is 2. The largest absolute Gasteiger partial charge is 0.491 e. The molecule has 0 aliphatic rings. The summed E-state index contributed by atoms with van der Waals surface area (Å²) < 4.78 is 5.64. The Morgan fingerprint density at radius 1 is 1.27 bits per heavy atom. The minimum absolute atomic E-state index is 0.0254. The lowest BCUT2D eigenvalue weighted by atomic mass is 10.2. The monoisotopic (exact) mass is 307 g/mol. The Hall–Kier alpha value is -2.24. The van der Waals surface area contributed by atoms with Gasteiger partial charge in [0.25, 0.3) is 0 Å². The number of hydrogen-bond acceptors (Lipinski definition) is 3. The summed E-state index contributed by atoms with van der Waals surface area (Å²) in [6, 6.07) is 5.26. The second kappa shape index (κ2) is 8.92. The molecule has 6 nitrogen and oxygen atoms in total. The molecule has 1 aromatic rings. The number of benzene rings is 1. The summed E-state index contributed by atoms with van der Waals surface area (Å²) in [5.41, 5.74) is 1.68. The molecule has 0 aliphatic carbocycles. The number of carbonyl (C=O) groups excluding carboxylic acids is 2. The Morgan fingerprint density at radius 2 is 2.00 bits per heavy atom. The highest BCUT2D eigenvalue weighted by molar-refractivity contribution is 5.91. The van der Waals surface area contributed by atoms with E-state index in [1.807, 2.05) is 32.0 Å². The lowest BCUT2D eigenvalue weighted by Crippen LogP contribution is -2.33. The average Bonchev–Trinajstić information content (AvgIpc) is 2.47. The van der Waals surface area contributed by atoms with Crippen molar-refractivity contribution in [3.05, 3.63) is 23.8 Å². The van der Waals surface area contributed by atoms with Crippen LogP contribution in [0.25, 0.3) is 0 Å². The van der Waals surface area contributed by atoms with Gasteiger partial charge in [-0.15, -0.1) is 0 Å². The summed E-state index contributed by atoms with van der Waals surface area (Å²) in [6.07, 6.45) is 1.17. The van der Waals surface area contributed by atoms with E-state index in [2.05, 4.69) is 10.6 Å². The third kappa shape index (κ3) is 6.03. The number of anilines is 1. The van der Waals surface area contributed by atoms with Crippen LogP contribution in [-0.2, 0) is 4.79 Å². The van der Waals surface area contributed by atoms with Gasteiger partial charge in [-0.3, -0.25) is 4.79 Å². The molecule has 0 spiro atoms. The zero-order valence-electron chi connectivity index (χ0n) is 13.7. The van der Waals surface area contributed by atoms with Gasteiger partial charge in [0.1, 0.15) is 5.75 Å². The maximum Gasteiger partial charge on any atom is 0.319 e. The minimum Gasteiger partial charge on any atom is -0.491 e. The molecular formula is C16H25N3O3. The van der Waals surface area contributed by atoms with Crippen LogP contribution in [0.3, 0.4) is 0 Å². The molecule has 0 aliphatic heterocycles. The third-order valence-electron chi connectivity index (χ3n) is 2.97. The fourth-order valence-corrected chi connectivity index (χ4v) is 1.74. The van der Waals surface area contributed by atoms with Crippen LogP contribution in [0.1, 0.15) is 25.3 Å². The van der Waals surface area contributed by atoms with E-state index in [9.17, 15) is 9.59 Å². The predicted octanol–water partition coefficient (Wildman–Crippen LogP) is 2.38. The second-order valence-corrected chi connectivity index (χ2v) is 5.27. The van der Waals surface area contributed by atoms with Crippen LogP contribution in [0.5, 0.6) is 5.75 Å². The SMILES string of the molecule is CCCOc1cc(C)ccc1NC(=O)NCCC(=O)N(C)C. The van der Waals surface area contributed by atoms with E-state index >= 15 is 0 Å². The standard InChI is InChI=1S/C16H25N3O3/c1-5-10-22-14-11-12(2)6-7-13(14)18-16(21)17-9-8-15(20)19(3)4/h6-7,11H,5,8-10H2,1-4H3,(H2,17,18,21). The molecule has 0 radical (unpaired) electrons. The number of aryl methyl sites for hydroxylation is 1. The molecule has 122 valence electrons. The molecule has 0 bridgehead atoms. The summed E-state index contributed by atoms with van der Waals surface area (Å²) >= 11 is 0. The van der Waals surface area contributed by atoms with Gasteiger partial charge in [-0.25, -0.2) is 4.79 Å². The molecule has 0 aromatic heterocycles. The number of nitrogens with one attached hydrogen (secondary N) is 2. The van der Waals surface area contributed by atoms with Crippen molar-refractivity contribution in [3.8, 4) is 5.75 Å². The number of urea groups is 1. The van der Waals surface area contributed by atoms with Crippen molar-refractivity contribution >= 4 is 17.6 Å².